The Balaban J connectivity index is 1.64. The van der Waals surface area contributed by atoms with Crippen molar-refractivity contribution in [2.75, 3.05) is 6.54 Å². The number of halogens is 1. The molecule has 0 spiro atoms. The number of nitrogens with zero attached hydrogens (tertiary/aromatic N) is 2. The molecule has 0 saturated heterocycles. The molecule has 1 aromatic carbocycles. The molecular formula is C15H20ClN3. The van der Waals surface area contributed by atoms with Gasteiger partial charge in [-0.3, -0.25) is 0 Å². The Kier molecular flexibility index (Phi) is 5.43. The molecule has 0 aliphatic rings. The number of aromatic nitrogens is 2. The number of nitrogens with one attached hydrogen (secondary N) is 1. The van der Waals surface area contributed by atoms with Crippen molar-refractivity contribution in [2.45, 2.75) is 32.4 Å². The molecule has 0 amide bonds. The van der Waals surface area contributed by atoms with Gasteiger partial charge in [0, 0.05) is 30.0 Å². The van der Waals surface area contributed by atoms with Crippen LogP contribution >= 0.6 is 11.6 Å². The molecule has 4 heteroatoms. The van der Waals surface area contributed by atoms with E-state index in [2.05, 4.69) is 33.9 Å². The van der Waals surface area contributed by atoms with Gasteiger partial charge in [-0.2, -0.15) is 0 Å². The number of hydrogen-bond acceptors (Lipinski definition) is 2. The maximum atomic E-state index is 5.88. The van der Waals surface area contributed by atoms with Crippen LogP contribution in [0.1, 0.15) is 18.9 Å². The molecule has 2 aromatic rings. The van der Waals surface area contributed by atoms with Crippen LogP contribution in [0.4, 0.5) is 0 Å². The van der Waals surface area contributed by atoms with Gasteiger partial charge in [0.05, 0.1) is 6.33 Å². The van der Waals surface area contributed by atoms with E-state index in [0.717, 1.165) is 31.0 Å². The lowest BCUT2D eigenvalue weighted by Gasteiger charge is -2.14. The molecule has 0 bridgehead atoms. The lowest BCUT2D eigenvalue weighted by atomic mass is 10.1. The molecule has 1 heterocycles. The van der Waals surface area contributed by atoms with E-state index < -0.39 is 0 Å². The van der Waals surface area contributed by atoms with Crippen LogP contribution in [-0.2, 0) is 13.0 Å². The Morgan fingerprint density at radius 2 is 2.11 bits per heavy atom. The number of rotatable bonds is 7. The fourth-order valence-corrected chi connectivity index (χ4v) is 2.20. The molecule has 19 heavy (non-hydrogen) atoms. The summed E-state index contributed by atoms with van der Waals surface area (Å²) in [6.45, 7) is 4.25. The van der Waals surface area contributed by atoms with Gasteiger partial charge in [0.15, 0.2) is 0 Å². The third-order valence-corrected chi connectivity index (χ3v) is 3.35. The van der Waals surface area contributed by atoms with Crippen molar-refractivity contribution in [2.24, 2.45) is 0 Å². The first kappa shape index (κ1) is 14.1. The van der Waals surface area contributed by atoms with Crippen molar-refractivity contribution in [3.8, 4) is 0 Å². The van der Waals surface area contributed by atoms with Gasteiger partial charge in [-0.15, -0.1) is 0 Å². The third-order valence-electron chi connectivity index (χ3n) is 3.10. The highest BCUT2D eigenvalue weighted by Crippen LogP contribution is 2.10. The summed E-state index contributed by atoms with van der Waals surface area (Å²) >= 11 is 5.88. The molecule has 0 radical (unpaired) electrons. The van der Waals surface area contributed by atoms with Crippen molar-refractivity contribution in [1.82, 2.24) is 14.9 Å². The number of aryl methyl sites for hydroxylation is 1. The highest BCUT2D eigenvalue weighted by molar-refractivity contribution is 6.30. The monoisotopic (exact) mass is 277 g/mol. The highest BCUT2D eigenvalue weighted by atomic mass is 35.5. The summed E-state index contributed by atoms with van der Waals surface area (Å²) in [6.07, 6.45) is 7.81. The Bertz CT molecular complexity index is 465. The standard InChI is InChI=1S/C15H20ClN3/c1-13(11-14-3-5-15(16)6-4-14)18-7-2-9-19-10-8-17-12-19/h3-6,8,10,12-13,18H,2,7,9,11H2,1H3. The smallest absolute Gasteiger partial charge is 0.0945 e. The zero-order valence-electron chi connectivity index (χ0n) is 11.2. The average molecular weight is 278 g/mol. The van der Waals surface area contributed by atoms with Crippen LogP contribution in [0.3, 0.4) is 0 Å². The Morgan fingerprint density at radius 1 is 1.32 bits per heavy atom. The topological polar surface area (TPSA) is 29.9 Å². The minimum Gasteiger partial charge on any atom is -0.337 e. The molecule has 0 aliphatic heterocycles. The molecule has 1 atom stereocenters. The summed E-state index contributed by atoms with van der Waals surface area (Å²) in [5.74, 6) is 0. The first-order chi connectivity index (χ1) is 9.24. The summed E-state index contributed by atoms with van der Waals surface area (Å²) in [5.41, 5.74) is 1.32. The Labute approximate surface area is 119 Å². The molecular weight excluding hydrogens is 258 g/mol. The fraction of sp³-hybridized carbons (Fsp3) is 0.400. The maximum Gasteiger partial charge on any atom is 0.0945 e. The van der Waals surface area contributed by atoms with E-state index in [0.29, 0.717) is 6.04 Å². The van der Waals surface area contributed by atoms with E-state index in [4.69, 9.17) is 11.6 Å². The first-order valence-electron chi connectivity index (χ1n) is 6.67. The summed E-state index contributed by atoms with van der Waals surface area (Å²) in [5, 5.41) is 4.34. The molecule has 1 unspecified atom stereocenters. The van der Waals surface area contributed by atoms with Gasteiger partial charge < -0.3 is 9.88 Å². The largest absolute Gasteiger partial charge is 0.337 e. The van der Waals surface area contributed by atoms with E-state index >= 15 is 0 Å². The van der Waals surface area contributed by atoms with Gasteiger partial charge in [-0.05, 0) is 44.0 Å². The number of imidazole rings is 1. The molecule has 1 N–H and O–H groups in total. The fourth-order valence-electron chi connectivity index (χ4n) is 2.08. The molecule has 2 rings (SSSR count). The van der Waals surface area contributed by atoms with Crippen LogP contribution in [0, 0.1) is 0 Å². The van der Waals surface area contributed by atoms with Gasteiger partial charge in [-0.1, -0.05) is 23.7 Å². The normalized spacial score (nSPS) is 12.5. The lowest BCUT2D eigenvalue weighted by molar-refractivity contribution is 0.510. The van der Waals surface area contributed by atoms with Crippen molar-refractivity contribution in [3.63, 3.8) is 0 Å². The van der Waals surface area contributed by atoms with Gasteiger partial charge in [0.1, 0.15) is 0 Å². The zero-order valence-corrected chi connectivity index (χ0v) is 12.0. The predicted molar refractivity (Wildman–Crippen MR) is 79.5 cm³/mol. The Morgan fingerprint density at radius 3 is 2.79 bits per heavy atom. The predicted octanol–water partition coefficient (Wildman–Crippen LogP) is 3.15. The van der Waals surface area contributed by atoms with Crippen molar-refractivity contribution in [3.05, 3.63) is 53.6 Å². The third kappa shape index (κ3) is 5.05. The quantitative estimate of drug-likeness (QED) is 0.788. The SMILES string of the molecule is CC(Cc1ccc(Cl)cc1)NCCCn1ccnc1. The van der Waals surface area contributed by atoms with Crippen LogP contribution in [0.25, 0.3) is 0 Å². The van der Waals surface area contributed by atoms with Gasteiger partial charge in [0.2, 0.25) is 0 Å². The van der Waals surface area contributed by atoms with E-state index in [1.807, 2.05) is 30.9 Å². The van der Waals surface area contributed by atoms with Gasteiger partial charge >= 0.3 is 0 Å². The van der Waals surface area contributed by atoms with Crippen molar-refractivity contribution < 1.29 is 0 Å². The van der Waals surface area contributed by atoms with E-state index in [1.165, 1.54) is 5.56 Å². The van der Waals surface area contributed by atoms with E-state index in [-0.39, 0.29) is 0 Å². The minimum absolute atomic E-state index is 0.476. The minimum atomic E-state index is 0.476. The van der Waals surface area contributed by atoms with E-state index in [1.54, 1.807) is 0 Å². The van der Waals surface area contributed by atoms with Crippen LogP contribution in [0.2, 0.25) is 5.02 Å². The van der Waals surface area contributed by atoms with Crippen LogP contribution in [-0.4, -0.2) is 22.1 Å². The molecule has 0 aliphatic carbocycles. The summed E-state index contributed by atoms with van der Waals surface area (Å²) < 4.78 is 2.10. The average Bonchev–Trinajstić information content (AvgIpc) is 2.91. The molecule has 0 fully saturated rings. The number of benzene rings is 1. The van der Waals surface area contributed by atoms with Crippen LogP contribution < -0.4 is 5.32 Å². The number of hydrogen-bond donors (Lipinski definition) is 1. The highest BCUT2D eigenvalue weighted by Gasteiger charge is 2.02. The first-order valence-corrected chi connectivity index (χ1v) is 7.05. The van der Waals surface area contributed by atoms with Crippen molar-refractivity contribution in [1.29, 1.82) is 0 Å². The summed E-state index contributed by atoms with van der Waals surface area (Å²) in [7, 11) is 0. The van der Waals surface area contributed by atoms with Crippen molar-refractivity contribution >= 4 is 11.6 Å². The summed E-state index contributed by atoms with van der Waals surface area (Å²) in [4.78, 5) is 4.03. The summed E-state index contributed by atoms with van der Waals surface area (Å²) in [6, 6.07) is 8.55. The maximum absolute atomic E-state index is 5.88. The van der Waals surface area contributed by atoms with E-state index in [9.17, 15) is 0 Å². The van der Waals surface area contributed by atoms with Gasteiger partial charge in [0.25, 0.3) is 0 Å². The molecule has 1 aromatic heterocycles. The second kappa shape index (κ2) is 7.31. The molecule has 3 nitrogen and oxygen atoms in total. The van der Waals surface area contributed by atoms with Crippen LogP contribution in [0.5, 0.6) is 0 Å². The second-order valence-corrected chi connectivity index (χ2v) is 5.28. The molecule has 102 valence electrons. The zero-order chi connectivity index (χ0) is 13.5. The van der Waals surface area contributed by atoms with Gasteiger partial charge in [-0.25, -0.2) is 4.98 Å². The van der Waals surface area contributed by atoms with Crippen LogP contribution in [0.15, 0.2) is 43.0 Å². The second-order valence-electron chi connectivity index (χ2n) is 4.84. The lowest BCUT2D eigenvalue weighted by Crippen LogP contribution is -2.29. The molecule has 0 saturated carbocycles. The Hall–Kier alpha value is -1.32.